The van der Waals surface area contributed by atoms with Crippen LogP contribution in [0.1, 0.15) is 49.4 Å². The lowest BCUT2D eigenvalue weighted by atomic mass is 9.84. The van der Waals surface area contributed by atoms with Crippen molar-refractivity contribution in [1.29, 1.82) is 0 Å². The summed E-state index contributed by atoms with van der Waals surface area (Å²) in [7, 11) is 0. The average Bonchev–Trinajstić information content (AvgIpc) is 2.40. The van der Waals surface area contributed by atoms with E-state index in [4.69, 9.17) is 5.73 Å². The molecule has 4 nitrogen and oxygen atoms in total. The van der Waals surface area contributed by atoms with Gasteiger partial charge in [-0.1, -0.05) is 13.3 Å². The van der Waals surface area contributed by atoms with Crippen LogP contribution in [0.15, 0.2) is 18.3 Å². The monoisotopic (exact) mass is 247 g/mol. The zero-order chi connectivity index (χ0) is 13.0. The lowest BCUT2D eigenvalue weighted by Gasteiger charge is -2.28. The molecule has 0 saturated heterocycles. The van der Waals surface area contributed by atoms with Gasteiger partial charge in [0.1, 0.15) is 5.82 Å². The van der Waals surface area contributed by atoms with Crippen molar-refractivity contribution in [2.24, 2.45) is 5.92 Å². The van der Waals surface area contributed by atoms with Crippen LogP contribution < -0.4 is 11.1 Å². The van der Waals surface area contributed by atoms with Gasteiger partial charge in [-0.05, 0) is 43.7 Å². The summed E-state index contributed by atoms with van der Waals surface area (Å²) < 4.78 is 0. The van der Waals surface area contributed by atoms with E-state index in [0.29, 0.717) is 17.4 Å². The molecular weight excluding hydrogens is 226 g/mol. The summed E-state index contributed by atoms with van der Waals surface area (Å²) in [4.78, 5) is 15.9. The number of aromatic nitrogens is 1. The molecule has 1 heterocycles. The summed E-state index contributed by atoms with van der Waals surface area (Å²) in [5.74, 6) is 1.24. The lowest BCUT2D eigenvalue weighted by Crippen LogP contribution is -2.37. The maximum absolute atomic E-state index is 12.0. The van der Waals surface area contributed by atoms with Gasteiger partial charge in [0.2, 0.25) is 0 Å². The number of hydrogen-bond acceptors (Lipinski definition) is 3. The standard InChI is InChI=1S/C14H21N3O/c1-2-10-3-6-12(7-4-10)17-14(18)11-5-8-13(15)16-9-11/h5,8-10,12H,2-4,6-7H2,1H3,(H2,15,16)(H,17,18). The van der Waals surface area contributed by atoms with E-state index in [1.807, 2.05) is 0 Å². The number of nitrogens with zero attached hydrogens (tertiary/aromatic N) is 1. The Balaban J connectivity index is 1.86. The van der Waals surface area contributed by atoms with Crippen LogP contribution in [0.5, 0.6) is 0 Å². The van der Waals surface area contributed by atoms with Crippen molar-refractivity contribution >= 4 is 11.7 Å². The number of anilines is 1. The minimum absolute atomic E-state index is 0.0394. The van der Waals surface area contributed by atoms with Gasteiger partial charge in [0, 0.05) is 12.2 Å². The maximum Gasteiger partial charge on any atom is 0.253 e. The second-order valence-electron chi connectivity index (χ2n) is 5.07. The Hall–Kier alpha value is -1.58. The van der Waals surface area contributed by atoms with Gasteiger partial charge in [0.05, 0.1) is 5.56 Å². The quantitative estimate of drug-likeness (QED) is 0.861. The maximum atomic E-state index is 12.0. The van der Waals surface area contributed by atoms with Crippen molar-refractivity contribution in [3.63, 3.8) is 0 Å². The van der Waals surface area contributed by atoms with Crippen LogP contribution >= 0.6 is 0 Å². The van der Waals surface area contributed by atoms with Crippen molar-refractivity contribution in [2.45, 2.75) is 45.1 Å². The molecule has 1 aliphatic rings. The predicted molar refractivity (Wildman–Crippen MR) is 72.2 cm³/mol. The highest BCUT2D eigenvalue weighted by molar-refractivity contribution is 5.94. The Morgan fingerprint density at radius 2 is 2.11 bits per heavy atom. The number of nitrogen functional groups attached to an aromatic ring is 1. The molecule has 0 unspecified atom stereocenters. The number of carbonyl (C=O) groups is 1. The fraction of sp³-hybridized carbons (Fsp3) is 0.571. The van der Waals surface area contributed by atoms with E-state index in [-0.39, 0.29) is 5.91 Å². The highest BCUT2D eigenvalue weighted by Crippen LogP contribution is 2.26. The summed E-state index contributed by atoms with van der Waals surface area (Å²) >= 11 is 0. The number of rotatable bonds is 3. The zero-order valence-corrected chi connectivity index (χ0v) is 10.9. The van der Waals surface area contributed by atoms with Gasteiger partial charge >= 0.3 is 0 Å². The zero-order valence-electron chi connectivity index (χ0n) is 10.9. The van der Waals surface area contributed by atoms with Crippen LogP contribution in [0.3, 0.4) is 0 Å². The van der Waals surface area contributed by atoms with Crippen LogP contribution in [0.25, 0.3) is 0 Å². The number of hydrogen-bond donors (Lipinski definition) is 2. The number of carbonyl (C=O) groups excluding carboxylic acids is 1. The smallest absolute Gasteiger partial charge is 0.253 e. The Morgan fingerprint density at radius 1 is 1.39 bits per heavy atom. The fourth-order valence-electron chi connectivity index (χ4n) is 2.52. The van der Waals surface area contributed by atoms with E-state index >= 15 is 0 Å². The summed E-state index contributed by atoms with van der Waals surface area (Å²) in [5, 5.41) is 3.08. The van der Waals surface area contributed by atoms with Gasteiger partial charge in [-0.25, -0.2) is 4.98 Å². The lowest BCUT2D eigenvalue weighted by molar-refractivity contribution is 0.0921. The first-order chi connectivity index (χ1) is 8.69. The normalized spacial score (nSPS) is 23.6. The molecule has 1 aromatic heterocycles. The molecule has 4 heteroatoms. The summed E-state index contributed by atoms with van der Waals surface area (Å²) in [6.45, 7) is 2.24. The first kappa shape index (κ1) is 12.9. The predicted octanol–water partition coefficient (Wildman–Crippen LogP) is 2.36. The highest BCUT2D eigenvalue weighted by atomic mass is 16.1. The van der Waals surface area contributed by atoms with Crippen molar-refractivity contribution < 1.29 is 4.79 Å². The molecule has 0 aliphatic heterocycles. The second-order valence-corrected chi connectivity index (χ2v) is 5.07. The Labute approximate surface area is 108 Å². The van der Waals surface area contributed by atoms with E-state index in [0.717, 1.165) is 18.8 Å². The van der Waals surface area contributed by atoms with Crippen LogP contribution in [0.4, 0.5) is 5.82 Å². The molecule has 1 fully saturated rings. The number of nitrogens with one attached hydrogen (secondary N) is 1. The first-order valence-electron chi connectivity index (χ1n) is 6.71. The van der Waals surface area contributed by atoms with Crippen molar-refractivity contribution in [3.05, 3.63) is 23.9 Å². The first-order valence-corrected chi connectivity index (χ1v) is 6.71. The van der Waals surface area contributed by atoms with Crippen molar-refractivity contribution in [1.82, 2.24) is 10.3 Å². The SMILES string of the molecule is CCC1CCC(NC(=O)c2ccc(N)nc2)CC1. The molecular formula is C14H21N3O. The third-order valence-corrected chi connectivity index (χ3v) is 3.81. The van der Waals surface area contributed by atoms with Crippen molar-refractivity contribution in [2.75, 3.05) is 5.73 Å². The summed E-state index contributed by atoms with van der Waals surface area (Å²) in [5.41, 5.74) is 6.08. The molecule has 3 N–H and O–H groups in total. The van der Waals surface area contributed by atoms with Gasteiger partial charge in [-0.2, -0.15) is 0 Å². The molecule has 18 heavy (non-hydrogen) atoms. The largest absolute Gasteiger partial charge is 0.384 e. The van der Waals surface area contributed by atoms with E-state index in [2.05, 4.69) is 17.2 Å². The molecule has 1 aliphatic carbocycles. The van der Waals surface area contributed by atoms with Gasteiger partial charge in [0.15, 0.2) is 0 Å². The summed E-state index contributed by atoms with van der Waals surface area (Å²) in [6, 6.07) is 3.69. The fourth-order valence-corrected chi connectivity index (χ4v) is 2.52. The molecule has 1 aromatic rings. The Kier molecular flexibility index (Phi) is 4.18. The van der Waals surface area contributed by atoms with Crippen LogP contribution in [0, 0.1) is 5.92 Å². The van der Waals surface area contributed by atoms with Crippen LogP contribution in [-0.4, -0.2) is 16.9 Å². The minimum atomic E-state index is -0.0394. The molecule has 98 valence electrons. The molecule has 0 aromatic carbocycles. The molecule has 0 spiro atoms. The van der Waals surface area contributed by atoms with E-state index in [1.165, 1.54) is 25.5 Å². The van der Waals surface area contributed by atoms with Gasteiger partial charge < -0.3 is 11.1 Å². The molecule has 0 bridgehead atoms. The van der Waals surface area contributed by atoms with Crippen molar-refractivity contribution in [3.8, 4) is 0 Å². The van der Waals surface area contributed by atoms with Crippen LogP contribution in [0.2, 0.25) is 0 Å². The number of pyridine rings is 1. The van der Waals surface area contributed by atoms with Gasteiger partial charge in [0.25, 0.3) is 5.91 Å². The van der Waals surface area contributed by atoms with E-state index in [1.54, 1.807) is 12.1 Å². The summed E-state index contributed by atoms with van der Waals surface area (Å²) in [6.07, 6.45) is 7.41. The molecule has 2 rings (SSSR count). The third kappa shape index (κ3) is 3.22. The van der Waals surface area contributed by atoms with Gasteiger partial charge in [-0.3, -0.25) is 4.79 Å². The Bertz CT molecular complexity index is 394. The van der Waals surface area contributed by atoms with E-state index in [9.17, 15) is 4.79 Å². The Morgan fingerprint density at radius 3 is 2.67 bits per heavy atom. The van der Waals surface area contributed by atoms with Gasteiger partial charge in [-0.15, -0.1) is 0 Å². The number of amides is 1. The highest BCUT2D eigenvalue weighted by Gasteiger charge is 2.21. The second kappa shape index (κ2) is 5.85. The molecule has 1 saturated carbocycles. The topological polar surface area (TPSA) is 68.0 Å². The molecule has 0 radical (unpaired) electrons. The molecule has 0 atom stereocenters. The number of nitrogens with two attached hydrogens (primary N) is 1. The third-order valence-electron chi connectivity index (χ3n) is 3.81. The minimum Gasteiger partial charge on any atom is -0.384 e. The average molecular weight is 247 g/mol. The van der Waals surface area contributed by atoms with Crippen LogP contribution in [-0.2, 0) is 0 Å². The van der Waals surface area contributed by atoms with E-state index < -0.39 is 0 Å². The molecule has 1 amide bonds.